The van der Waals surface area contributed by atoms with Crippen molar-refractivity contribution < 1.29 is 4.79 Å². The Kier molecular flexibility index (Phi) is 6.46. The van der Waals surface area contributed by atoms with Crippen molar-refractivity contribution in [3.8, 4) is 5.69 Å². The summed E-state index contributed by atoms with van der Waals surface area (Å²) >= 11 is 1.33. The lowest BCUT2D eigenvalue weighted by Gasteiger charge is -2.22. The number of amides is 1. The molecule has 7 heteroatoms. The van der Waals surface area contributed by atoms with E-state index < -0.39 is 0 Å². The van der Waals surface area contributed by atoms with Crippen molar-refractivity contribution in [1.82, 2.24) is 25.5 Å². The average Bonchev–Trinajstić information content (AvgIpc) is 3.13. The molecule has 0 radical (unpaired) electrons. The predicted molar refractivity (Wildman–Crippen MR) is 112 cm³/mol. The van der Waals surface area contributed by atoms with E-state index in [2.05, 4.69) is 40.8 Å². The molecule has 0 saturated carbocycles. The minimum Gasteiger partial charge on any atom is -0.348 e. The Hall–Kier alpha value is -2.67. The number of thioether (sulfide) groups is 1. The van der Waals surface area contributed by atoms with Gasteiger partial charge in [0.25, 0.3) is 0 Å². The lowest BCUT2D eigenvalue weighted by atomic mass is 9.96. The summed E-state index contributed by atoms with van der Waals surface area (Å²) in [6.45, 7) is 8.28. The van der Waals surface area contributed by atoms with Gasteiger partial charge in [0.05, 0.1) is 17.5 Å². The van der Waals surface area contributed by atoms with Crippen LogP contribution in [0.5, 0.6) is 0 Å². The maximum Gasteiger partial charge on any atom is 0.230 e. The van der Waals surface area contributed by atoms with Crippen molar-refractivity contribution >= 4 is 17.7 Å². The molecular weight excluding hydrogens is 370 g/mol. The molecule has 1 atom stereocenters. The number of aryl methyl sites for hydroxylation is 2. The molecule has 0 aliphatic heterocycles. The first-order chi connectivity index (χ1) is 13.5. The number of nitrogens with one attached hydrogen (secondary N) is 1. The van der Waals surface area contributed by atoms with Gasteiger partial charge in [-0.05, 0) is 47.4 Å². The highest BCUT2D eigenvalue weighted by atomic mass is 32.2. The van der Waals surface area contributed by atoms with Crippen molar-refractivity contribution in [3.05, 3.63) is 65.2 Å². The molecule has 28 heavy (non-hydrogen) atoms. The molecule has 3 rings (SSSR count). The molecule has 146 valence electrons. The third-order valence-corrected chi connectivity index (χ3v) is 5.41. The van der Waals surface area contributed by atoms with Crippen LogP contribution in [0.4, 0.5) is 0 Å². The smallest absolute Gasteiger partial charge is 0.230 e. The molecule has 0 spiro atoms. The number of nitrogens with zero attached hydrogens (tertiary/aromatic N) is 4. The van der Waals surface area contributed by atoms with E-state index in [0.29, 0.717) is 5.16 Å². The number of aromatic nitrogens is 4. The topological polar surface area (TPSA) is 72.7 Å². The van der Waals surface area contributed by atoms with Crippen molar-refractivity contribution in [2.24, 2.45) is 5.92 Å². The van der Waals surface area contributed by atoms with Gasteiger partial charge in [0, 0.05) is 0 Å². The first-order valence-electron chi connectivity index (χ1n) is 9.29. The van der Waals surface area contributed by atoms with Crippen LogP contribution >= 0.6 is 11.8 Å². The molecule has 0 aliphatic rings. The zero-order valence-corrected chi connectivity index (χ0v) is 17.4. The summed E-state index contributed by atoms with van der Waals surface area (Å²) in [7, 11) is 0. The van der Waals surface area contributed by atoms with E-state index in [4.69, 9.17) is 0 Å². The Morgan fingerprint density at radius 3 is 2.57 bits per heavy atom. The number of carbonyl (C=O) groups is 1. The van der Waals surface area contributed by atoms with Gasteiger partial charge >= 0.3 is 0 Å². The Morgan fingerprint density at radius 2 is 1.89 bits per heavy atom. The Bertz CT molecular complexity index is 939. The zero-order valence-electron chi connectivity index (χ0n) is 16.6. The van der Waals surface area contributed by atoms with Crippen LogP contribution in [0, 0.1) is 19.8 Å². The number of carbonyl (C=O) groups excluding carboxylic acids is 1. The second-order valence-corrected chi connectivity index (χ2v) is 8.09. The Balaban J connectivity index is 1.68. The quantitative estimate of drug-likeness (QED) is 0.615. The summed E-state index contributed by atoms with van der Waals surface area (Å²) < 4.78 is 1.68. The molecular formula is C21H25N5OS. The lowest BCUT2D eigenvalue weighted by Crippen LogP contribution is -2.33. The fourth-order valence-electron chi connectivity index (χ4n) is 3.10. The van der Waals surface area contributed by atoms with Gasteiger partial charge in [0.15, 0.2) is 0 Å². The maximum absolute atomic E-state index is 12.6. The molecule has 1 heterocycles. The maximum atomic E-state index is 12.6. The van der Waals surface area contributed by atoms with E-state index in [9.17, 15) is 4.79 Å². The molecule has 0 fully saturated rings. The molecule has 0 bridgehead atoms. The standard InChI is InChI=1S/C21H25N5OS/c1-14(2)20(17-8-6-5-7-9-17)22-19(27)13-28-21-23-24-25-26(21)18-11-10-15(3)12-16(18)4/h5-12,14,20H,13H2,1-4H3,(H,22,27). The van der Waals surface area contributed by atoms with E-state index in [1.165, 1.54) is 17.3 Å². The molecule has 3 aromatic rings. The summed E-state index contributed by atoms with van der Waals surface area (Å²) in [5, 5.41) is 15.7. The highest BCUT2D eigenvalue weighted by Gasteiger charge is 2.19. The summed E-state index contributed by atoms with van der Waals surface area (Å²) in [5.74, 6) is 0.501. The normalized spacial score (nSPS) is 12.2. The SMILES string of the molecule is Cc1ccc(-n2nnnc2SCC(=O)NC(c2ccccc2)C(C)C)c(C)c1. The molecule has 0 aliphatic carbocycles. The number of tetrazole rings is 1. The van der Waals surface area contributed by atoms with Gasteiger partial charge in [-0.25, -0.2) is 0 Å². The van der Waals surface area contributed by atoms with Crippen LogP contribution < -0.4 is 5.32 Å². The summed E-state index contributed by atoms with van der Waals surface area (Å²) in [6, 6.07) is 16.1. The van der Waals surface area contributed by atoms with Crippen LogP contribution in [0.2, 0.25) is 0 Å². The number of hydrogen-bond acceptors (Lipinski definition) is 5. The lowest BCUT2D eigenvalue weighted by molar-refractivity contribution is -0.119. The van der Waals surface area contributed by atoms with Crippen molar-refractivity contribution in [1.29, 1.82) is 0 Å². The minimum absolute atomic E-state index is 0.0235. The summed E-state index contributed by atoms with van der Waals surface area (Å²) in [6.07, 6.45) is 0. The van der Waals surface area contributed by atoms with Crippen LogP contribution in [0.1, 0.15) is 36.6 Å². The van der Waals surface area contributed by atoms with Gasteiger partial charge in [-0.1, -0.05) is 73.6 Å². The molecule has 1 aromatic heterocycles. The summed E-state index contributed by atoms with van der Waals surface area (Å²) in [5.41, 5.74) is 4.30. The van der Waals surface area contributed by atoms with Gasteiger partial charge in [-0.3, -0.25) is 4.79 Å². The molecule has 0 saturated heterocycles. The van der Waals surface area contributed by atoms with Gasteiger partial charge in [-0.15, -0.1) is 5.10 Å². The third kappa shape index (κ3) is 4.78. The monoisotopic (exact) mass is 395 g/mol. The highest BCUT2D eigenvalue weighted by Crippen LogP contribution is 2.23. The van der Waals surface area contributed by atoms with Gasteiger partial charge in [-0.2, -0.15) is 4.68 Å². The zero-order chi connectivity index (χ0) is 20.1. The average molecular weight is 396 g/mol. The number of hydrogen-bond donors (Lipinski definition) is 1. The summed E-state index contributed by atoms with van der Waals surface area (Å²) in [4.78, 5) is 12.6. The third-order valence-electron chi connectivity index (χ3n) is 4.50. The second-order valence-electron chi connectivity index (χ2n) is 7.15. The van der Waals surface area contributed by atoms with Gasteiger partial charge in [0.1, 0.15) is 0 Å². The second kappa shape index (κ2) is 9.01. The predicted octanol–water partition coefficient (Wildman–Crippen LogP) is 3.88. The van der Waals surface area contributed by atoms with Crippen molar-refractivity contribution in [2.45, 2.75) is 38.9 Å². The first-order valence-corrected chi connectivity index (χ1v) is 10.3. The molecule has 1 amide bonds. The van der Waals surface area contributed by atoms with Crippen molar-refractivity contribution in [2.75, 3.05) is 5.75 Å². The fourth-order valence-corrected chi connectivity index (χ4v) is 3.80. The van der Waals surface area contributed by atoms with E-state index in [1.54, 1.807) is 4.68 Å². The molecule has 1 N–H and O–H groups in total. The number of benzene rings is 2. The number of rotatable bonds is 7. The largest absolute Gasteiger partial charge is 0.348 e. The Morgan fingerprint density at radius 1 is 1.14 bits per heavy atom. The minimum atomic E-state index is -0.0391. The highest BCUT2D eigenvalue weighted by molar-refractivity contribution is 7.99. The van der Waals surface area contributed by atoms with Crippen LogP contribution in [-0.4, -0.2) is 31.9 Å². The van der Waals surface area contributed by atoms with E-state index in [0.717, 1.165) is 16.8 Å². The van der Waals surface area contributed by atoms with E-state index in [1.807, 2.05) is 56.3 Å². The molecule has 6 nitrogen and oxygen atoms in total. The van der Waals surface area contributed by atoms with Crippen molar-refractivity contribution in [3.63, 3.8) is 0 Å². The van der Waals surface area contributed by atoms with Gasteiger partial charge < -0.3 is 5.32 Å². The van der Waals surface area contributed by atoms with E-state index in [-0.39, 0.29) is 23.6 Å². The fraction of sp³-hybridized carbons (Fsp3) is 0.333. The Labute approximate surface area is 169 Å². The van der Waals surface area contributed by atoms with Crippen LogP contribution in [0.3, 0.4) is 0 Å². The van der Waals surface area contributed by atoms with Crippen LogP contribution in [0.25, 0.3) is 5.69 Å². The molecule has 1 unspecified atom stereocenters. The first kappa shape index (κ1) is 20.1. The van der Waals surface area contributed by atoms with E-state index >= 15 is 0 Å². The molecule has 2 aromatic carbocycles. The van der Waals surface area contributed by atoms with Gasteiger partial charge in [0.2, 0.25) is 11.1 Å². The van der Waals surface area contributed by atoms with Crippen LogP contribution in [0.15, 0.2) is 53.7 Å². The van der Waals surface area contributed by atoms with Crippen LogP contribution in [-0.2, 0) is 4.79 Å².